The van der Waals surface area contributed by atoms with E-state index < -0.39 is 0 Å². The fraction of sp³-hybridized carbons (Fsp3) is 0.375. The second-order valence-corrected chi connectivity index (χ2v) is 5.54. The Kier molecular flexibility index (Phi) is 8.94. The second kappa shape index (κ2) is 10.7. The predicted octanol–water partition coefficient (Wildman–Crippen LogP) is 2.19. The molecule has 2 N–H and O–H groups in total. The lowest BCUT2D eigenvalue weighted by Gasteiger charge is -2.14. The van der Waals surface area contributed by atoms with Gasteiger partial charge >= 0.3 is 0 Å². The van der Waals surface area contributed by atoms with E-state index in [9.17, 15) is 0 Å². The Morgan fingerprint density at radius 3 is 2.88 bits per heavy atom. The number of ether oxygens (including phenoxy) is 3. The van der Waals surface area contributed by atoms with Gasteiger partial charge in [0.15, 0.2) is 16.6 Å². The molecular formula is C16H20ClN3O3S. The number of thiocarbonyl (C=S) groups is 1. The molecule has 0 saturated carbocycles. The zero-order valence-electron chi connectivity index (χ0n) is 13.8. The normalized spacial score (nSPS) is 11.6. The number of nitrogens with zero attached hydrogens (tertiary/aromatic N) is 1. The van der Waals surface area contributed by atoms with Crippen LogP contribution in [-0.4, -0.2) is 44.8 Å². The van der Waals surface area contributed by atoms with E-state index in [4.69, 9.17) is 44.5 Å². The summed E-state index contributed by atoms with van der Waals surface area (Å²) in [4.78, 5) is 0. The van der Waals surface area contributed by atoms with Crippen molar-refractivity contribution in [1.82, 2.24) is 10.7 Å². The molecule has 130 valence electrons. The van der Waals surface area contributed by atoms with E-state index in [1.807, 2.05) is 6.92 Å². The molecule has 0 aliphatic heterocycles. The standard InChI is InChI=1S/C16H20ClN3O3S/c1-5-6-23-15-13(17)7-12(8-14(15)22-4)9-18-20-16(24)19-11(2)10-21-3/h1,7-9,11H,6,10H2,2-4H3,(H2,19,20,24)/b18-9-/t11-/m0/s1. The Hall–Kier alpha value is -2.01. The van der Waals surface area contributed by atoms with Gasteiger partial charge in [-0.1, -0.05) is 17.5 Å². The zero-order chi connectivity index (χ0) is 17.9. The molecule has 0 saturated heterocycles. The molecule has 0 aliphatic carbocycles. The van der Waals surface area contributed by atoms with Gasteiger partial charge in [0.2, 0.25) is 0 Å². The van der Waals surface area contributed by atoms with Crippen molar-refractivity contribution in [3.8, 4) is 23.8 Å². The molecule has 8 heteroatoms. The molecule has 0 bridgehead atoms. The average Bonchev–Trinajstić information content (AvgIpc) is 2.53. The minimum Gasteiger partial charge on any atom is -0.493 e. The Balaban J connectivity index is 2.72. The van der Waals surface area contributed by atoms with Crippen LogP contribution in [0, 0.1) is 12.3 Å². The quantitative estimate of drug-likeness (QED) is 0.317. The van der Waals surface area contributed by atoms with Gasteiger partial charge in [-0.3, -0.25) is 5.43 Å². The minimum absolute atomic E-state index is 0.0762. The average molecular weight is 370 g/mol. The summed E-state index contributed by atoms with van der Waals surface area (Å²) in [7, 11) is 3.14. The van der Waals surface area contributed by atoms with E-state index in [2.05, 4.69) is 21.8 Å². The summed E-state index contributed by atoms with van der Waals surface area (Å²) in [6, 6.07) is 3.49. The highest BCUT2D eigenvalue weighted by atomic mass is 35.5. The van der Waals surface area contributed by atoms with Crippen LogP contribution in [0.2, 0.25) is 5.02 Å². The van der Waals surface area contributed by atoms with E-state index in [0.29, 0.717) is 33.8 Å². The third-order valence-electron chi connectivity index (χ3n) is 2.73. The topological polar surface area (TPSA) is 64.1 Å². The highest BCUT2D eigenvalue weighted by molar-refractivity contribution is 7.80. The van der Waals surface area contributed by atoms with Crippen LogP contribution in [0.15, 0.2) is 17.2 Å². The lowest BCUT2D eigenvalue weighted by molar-refractivity contribution is 0.179. The first-order valence-electron chi connectivity index (χ1n) is 7.04. The molecule has 0 unspecified atom stereocenters. The SMILES string of the molecule is C#CCOc1c(Cl)cc(/C=N\NC(=S)N[C@@H](C)COC)cc1OC. The predicted molar refractivity (Wildman–Crippen MR) is 100 cm³/mol. The zero-order valence-corrected chi connectivity index (χ0v) is 15.3. The number of halogens is 1. The van der Waals surface area contributed by atoms with Crippen molar-refractivity contribution in [2.24, 2.45) is 5.10 Å². The number of hydrogen-bond donors (Lipinski definition) is 2. The number of benzene rings is 1. The van der Waals surface area contributed by atoms with Crippen molar-refractivity contribution < 1.29 is 14.2 Å². The molecule has 0 amide bonds. The fourth-order valence-electron chi connectivity index (χ4n) is 1.78. The van der Waals surface area contributed by atoms with Crippen LogP contribution in [0.4, 0.5) is 0 Å². The van der Waals surface area contributed by atoms with Crippen LogP contribution < -0.4 is 20.2 Å². The molecule has 1 atom stereocenters. The first kappa shape index (κ1) is 20.0. The molecule has 1 aromatic rings. The summed E-state index contributed by atoms with van der Waals surface area (Å²) in [5, 5.41) is 7.85. The second-order valence-electron chi connectivity index (χ2n) is 4.73. The van der Waals surface area contributed by atoms with Crippen molar-refractivity contribution in [3.63, 3.8) is 0 Å². The highest BCUT2D eigenvalue weighted by Crippen LogP contribution is 2.35. The number of nitrogens with one attached hydrogen (secondary N) is 2. The summed E-state index contributed by atoms with van der Waals surface area (Å²) in [6.07, 6.45) is 6.74. The first-order chi connectivity index (χ1) is 11.5. The summed E-state index contributed by atoms with van der Waals surface area (Å²) in [6.45, 7) is 2.59. The summed E-state index contributed by atoms with van der Waals surface area (Å²) in [5.41, 5.74) is 3.43. The van der Waals surface area contributed by atoms with Gasteiger partial charge in [-0.15, -0.1) is 6.42 Å². The van der Waals surface area contributed by atoms with Crippen LogP contribution >= 0.6 is 23.8 Å². The third kappa shape index (κ3) is 6.62. The molecule has 1 aromatic carbocycles. The van der Waals surface area contributed by atoms with Crippen LogP contribution in [0.1, 0.15) is 12.5 Å². The Morgan fingerprint density at radius 2 is 2.25 bits per heavy atom. The van der Waals surface area contributed by atoms with Gasteiger partial charge in [0.1, 0.15) is 6.61 Å². The molecule has 0 heterocycles. The van der Waals surface area contributed by atoms with Crippen molar-refractivity contribution >= 4 is 35.1 Å². The van der Waals surface area contributed by atoms with Gasteiger partial charge in [0, 0.05) is 13.2 Å². The summed E-state index contributed by atoms with van der Waals surface area (Å²) in [5.74, 6) is 3.24. The van der Waals surface area contributed by atoms with Gasteiger partial charge in [-0.25, -0.2) is 0 Å². The Bertz CT molecular complexity index is 632. The number of rotatable bonds is 8. The summed E-state index contributed by atoms with van der Waals surface area (Å²) >= 11 is 11.3. The van der Waals surface area contributed by atoms with E-state index in [1.165, 1.54) is 7.11 Å². The lowest BCUT2D eigenvalue weighted by Crippen LogP contribution is -2.40. The summed E-state index contributed by atoms with van der Waals surface area (Å²) < 4.78 is 15.7. The largest absolute Gasteiger partial charge is 0.493 e. The van der Waals surface area contributed by atoms with E-state index in [0.717, 1.165) is 0 Å². The maximum Gasteiger partial charge on any atom is 0.187 e. The molecule has 0 aliphatic rings. The first-order valence-corrected chi connectivity index (χ1v) is 7.82. The van der Waals surface area contributed by atoms with Gasteiger partial charge in [0.05, 0.1) is 25.0 Å². The van der Waals surface area contributed by atoms with Crippen molar-refractivity contribution in [2.75, 3.05) is 27.4 Å². The Labute approximate surface area is 152 Å². The fourth-order valence-corrected chi connectivity index (χ4v) is 2.31. The molecule has 0 spiro atoms. The minimum atomic E-state index is 0.0762. The van der Waals surface area contributed by atoms with Gasteiger partial charge in [-0.2, -0.15) is 5.10 Å². The smallest absolute Gasteiger partial charge is 0.187 e. The number of terminal acetylenes is 1. The van der Waals surface area contributed by atoms with Crippen molar-refractivity contribution in [3.05, 3.63) is 22.7 Å². The molecule has 24 heavy (non-hydrogen) atoms. The molecule has 6 nitrogen and oxygen atoms in total. The van der Waals surface area contributed by atoms with Crippen molar-refractivity contribution in [2.45, 2.75) is 13.0 Å². The molecule has 1 rings (SSSR count). The number of methoxy groups -OCH3 is 2. The van der Waals surface area contributed by atoms with Crippen LogP contribution in [0.3, 0.4) is 0 Å². The molecular weight excluding hydrogens is 350 g/mol. The van der Waals surface area contributed by atoms with Gasteiger partial charge < -0.3 is 19.5 Å². The molecule has 0 aromatic heterocycles. The van der Waals surface area contributed by atoms with Gasteiger partial charge in [0.25, 0.3) is 0 Å². The highest BCUT2D eigenvalue weighted by Gasteiger charge is 2.11. The Morgan fingerprint density at radius 1 is 1.50 bits per heavy atom. The maximum absolute atomic E-state index is 6.19. The molecule has 0 radical (unpaired) electrons. The van der Waals surface area contributed by atoms with E-state index in [-0.39, 0.29) is 12.6 Å². The van der Waals surface area contributed by atoms with Crippen molar-refractivity contribution in [1.29, 1.82) is 0 Å². The maximum atomic E-state index is 6.19. The molecule has 0 fully saturated rings. The lowest BCUT2D eigenvalue weighted by atomic mass is 10.2. The van der Waals surface area contributed by atoms with Crippen LogP contribution in [-0.2, 0) is 4.74 Å². The van der Waals surface area contributed by atoms with Crippen LogP contribution in [0.5, 0.6) is 11.5 Å². The number of hydrogen-bond acceptors (Lipinski definition) is 5. The third-order valence-corrected chi connectivity index (χ3v) is 3.22. The van der Waals surface area contributed by atoms with E-state index >= 15 is 0 Å². The number of hydrazone groups is 1. The van der Waals surface area contributed by atoms with E-state index in [1.54, 1.807) is 25.5 Å². The van der Waals surface area contributed by atoms with Crippen LogP contribution in [0.25, 0.3) is 0 Å². The van der Waals surface area contributed by atoms with Gasteiger partial charge in [-0.05, 0) is 36.8 Å². The monoisotopic (exact) mass is 369 g/mol.